The van der Waals surface area contributed by atoms with Gasteiger partial charge in [0.15, 0.2) is 0 Å². The van der Waals surface area contributed by atoms with Gasteiger partial charge >= 0.3 is 0 Å². The Balaban J connectivity index is 2.02. The number of carbonyl (C=O) groups excluding carboxylic acids is 1. The first-order valence-corrected chi connectivity index (χ1v) is 7.11. The van der Waals surface area contributed by atoms with Crippen molar-refractivity contribution in [3.05, 3.63) is 35.9 Å². The molecule has 1 aromatic rings. The van der Waals surface area contributed by atoms with E-state index in [0.717, 1.165) is 19.4 Å². The predicted molar refractivity (Wildman–Crippen MR) is 78.1 cm³/mol. The lowest BCUT2D eigenvalue weighted by molar-refractivity contribution is -0.123. The van der Waals surface area contributed by atoms with Crippen molar-refractivity contribution < 1.29 is 4.79 Å². The summed E-state index contributed by atoms with van der Waals surface area (Å²) in [4.78, 5) is 12.2. The lowest BCUT2D eigenvalue weighted by Crippen LogP contribution is -2.50. The summed E-state index contributed by atoms with van der Waals surface area (Å²) in [5, 5.41) is 6.40. The van der Waals surface area contributed by atoms with Gasteiger partial charge in [-0.3, -0.25) is 4.79 Å². The van der Waals surface area contributed by atoms with Crippen LogP contribution in [0.4, 0.5) is 0 Å². The van der Waals surface area contributed by atoms with Crippen LogP contribution in [0.3, 0.4) is 0 Å². The zero-order valence-corrected chi connectivity index (χ0v) is 12.1. The molecule has 0 aliphatic carbocycles. The Morgan fingerprint density at radius 3 is 2.63 bits per heavy atom. The number of hydrogen-bond acceptors (Lipinski definition) is 2. The Bertz CT molecular complexity index is 422. The third-order valence-corrected chi connectivity index (χ3v) is 4.34. The van der Waals surface area contributed by atoms with Crippen LogP contribution in [0.2, 0.25) is 0 Å². The van der Waals surface area contributed by atoms with Crippen molar-refractivity contribution in [1.82, 2.24) is 10.6 Å². The van der Waals surface area contributed by atoms with E-state index in [1.807, 2.05) is 18.2 Å². The van der Waals surface area contributed by atoms with Crippen LogP contribution < -0.4 is 10.6 Å². The van der Waals surface area contributed by atoms with E-state index in [2.05, 4.69) is 43.5 Å². The highest BCUT2D eigenvalue weighted by Crippen LogP contribution is 2.26. The molecule has 2 rings (SSSR count). The van der Waals surface area contributed by atoms with E-state index in [0.29, 0.717) is 0 Å². The number of benzene rings is 1. The maximum atomic E-state index is 12.2. The van der Waals surface area contributed by atoms with Crippen molar-refractivity contribution in [1.29, 1.82) is 0 Å². The summed E-state index contributed by atoms with van der Waals surface area (Å²) in [6.45, 7) is 7.39. The molecule has 1 aliphatic heterocycles. The third-order valence-electron chi connectivity index (χ3n) is 4.34. The van der Waals surface area contributed by atoms with Gasteiger partial charge in [-0.2, -0.15) is 0 Å². The second kappa shape index (κ2) is 5.74. The average molecular weight is 260 g/mol. The molecule has 0 bridgehead atoms. The highest BCUT2D eigenvalue weighted by atomic mass is 16.2. The first kappa shape index (κ1) is 14.1. The third kappa shape index (κ3) is 3.16. The number of hydrogen-bond donors (Lipinski definition) is 2. The lowest BCUT2D eigenvalue weighted by Gasteiger charge is -2.33. The van der Waals surface area contributed by atoms with Crippen LogP contribution in [0.15, 0.2) is 30.3 Å². The molecule has 3 nitrogen and oxygen atoms in total. The SMILES string of the molecule is CC(NC(=O)[C@@H]1CCCN1)C(C)(C)c1ccccc1. The van der Waals surface area contributed by atoms with Crippen molar-refractivity contribution in [2.45, 2.75) is 51.1 Å². The highest BCUT2D eigenvalue weighted by Gasteiger charge is 2.31. The first-order valence-electron chi connectivity index (χ1n) is 7.11. The minimum Gasteiger partial charge on any atom is -0.351 e. The van der Waals surface area contributed by atoms with Crippen molar-refractivity contribution in [2.24, 2.45) is 0 Å². The number of rotatable bonds is 4. The molecule has 1 heterocycles. The Kier molecular flexibility index (Phi) is 4.25. The number of amides is 1. The lowest BCUT2D eigenvalue weighted by atomic mass is 9.78. The zero-order chi connectivity index (χ0) is 13.9. The second-order valence-electron chi connectivity index (χ2n) is 5.97. The van der Waals surface area contributed by atoms with E-state index in [1.165, 1.54) is 5.56 Å². The van der Waals surface area contributed by atoms with Gasteiger partial charge in [-0.15, -0.1) is 0 Å². The number of nitrogens with one attached hydrogen (secondary N) is 2. The van der Waals surface area contributed by atoms with Gasteiger partial charge in [0.1, 0.15) is 0 Å². The van der Waals surface area contributed by atoms with Crippen LogP contribution >= 0.6 is 0 Å². The molecule has 2 atom stereocenters. The molecule has 2 N–H and O–H groups in total. The van der Waals surface area contributed by atoms with E-state index < -0.39 is 0 Å². The van der Waals surface area contributed by atoms with E-state index in [4.69, 9.17) is 0 Å². The van der Waals surface area contributed by atoms with Crippen molar-refractivity contribution in [3.8, 4) is 0 Å². The Morgan fingerprint density at radius 1 is 1.37 bits per heavy atom. The van der Waals surface area contributed by atoms with Crippen LogP contribution in [-0.4, -0.2) is 24.5 Å². The summed E-state index contributed by atoms with van der Waals surface area (Å²) < 4.78 is 0. The summed E-state index contributed by atoms with van der Waals surface area (Å²) in [5.41, 5.74) is 1.18. The zero-order valence-electron chi connectivity index (χ0n) is 12.1. The van der Waals surface area contributed by atoms with Crippen molar-refractivity contribution in [3.63, 3.8) is 0 Å². The quantitative estimate of drug-likeness (QED) is 0.871. The molecule has 1 unspecified atom stereocenters. The van der Waals surface area contributed by atoms with Gasteiger partial charge in [-0.05, 0) is 31.9 Å². The fraction of sp³-hybridized carbons (Fsp3) is 0.562. The summed E-state index contributed by atoms with van der Waals surface area (Å²) in [5.74, 6) is 0.133. The molecule has 0 aromatic heterocycles. The van der Waals surface area contributed by atoms with Gasteiger partial charge in [0.2, 0.25) is 5.91 Å². The van der Waals surface area contributed by atoms with Crippen LogP contribution in [0, 0.1) is 0 Å². The van der Waals surface area contributed by atoms with Gasteiger partial charge in [0, 0.05) is 11.5 Å². The monoisotopic (exact) mass is 260 g/mol. The Hall–Kier alpha value is -1.35. The highest BCUT2D eigenvalue weighted by molar-refractivity contribution is 5.82. The molecular formula is C16H24N2O. The van der Waals surface area contributed by atoms with Crippen molar-refractivity contribution in [2.75, 3.05) is 6.54 Å². The predicted octanol–water partition coefficient (Wildman–Crippen LogP) is 2.22. The summed E-state index contributed by atoms with van der Waals surface area (Å²) in [6, 6.07) is 10.4. The van der Waals surface area contributed by atoms with Crippen LogP contribution in [-0.2, 0) is 10.2 Å². The molecule has 104 valence electrons. The summed E-state index contributed by atoms with van der Waals surface area (Å²) in [6.07, 6.45) is 2.04. The van der Waals surface area contributed by atoms with E-state index >= 15 is 0 Å². The molecule has 1 fully saturated rings. The Labute approximate surface area is 115 Å². The first-order chi connectivity index (χ1) is 9.01. The second-order valence-corrected chi connectivity index (χ2v) is 5.97. The van der Waals surface area contributed by atoms with Crippen LogP contribution in [0.1, 0.15) is 39.2 Å². The van der Waals surface area contributed by atoms with Gasteiger partial charge in [-0.25, -0.2) is 0 Å². The molecule has 1 amide bonds. The fourth-order valence-electron chi connectivity index (χ4n) is 2.52. The van der Waals surface area contributed by atoms with E-state index in [1.54, 1.807) is 0 Å². The van der Waals surface area contributed by atoms with Crippen LogP contribution in [0.5, 0.6) is 0 Å². The number of carbonyl (C=O) groups is 1. The van der Waals surface area contributed by atoms with E-state index in [-0.39, 0.29) is 23.4 Å². The van der Waals surface area contributed by atoms with Gasteiger partial charge in [0.25, 0.3) is 0 Å². The molecular weight excluding hydrogens is 236 g/mol. The summed E-state index contributed by atoms with van der Waals surface area (Å²) >= 11 is 0. The van der Waals surface area contributed by atoms with Gasteiger partial charge in [0.05, 0.1) is 6.04 Å². The van der Waals surface area contributed by atoms with Gasteiger partial charge < -0.3 is 10.6 Å². The van der Waals surface area contributed by atoms with Crippen molar-refractivity contribution >= 4 is 5.91 Å². The Morgan fingerprint density at radius 2 is 2.05 bits per heavy atom. The molecule has 1 aliphatic rings. The summed E-state index contributed by atoms with van der Waals surface area (Å²) in [7, 11) is 0. The minimum atomic E-state index is -0.0739. The molecule has 3 heteroatoms. The smallest absolute Gasteiger partial charge is 0.237 e. The van der Waals surface area contributed by atoms with Crippen LogP contribution in [0.25, 0.3) is 0 Å². The maximum Gasteiger partial charge on any atom is 0.237 e. The largest absolute Gasteiger partial charge is 0.351 e. The molecule has 1 aromatic carbocycles. The molecule has 0 saturated carbocycles. The standard InChI is InChI=1S/C16H24N2O/c1-12(18-15(19)14-10-7-11-17-14)16(2,3)13-8-5-4-6-9-13/h4-6,8-9,12,14,17H,7,10-11H2,1-3H3,(H,18,19)/t12?,14-/m0/s1. The normalized spacial score (nSPS) is 21.1. The topological polar surface area (TPSA) is 41.1 Å². The van der Waals surface area contributed by atoms with Gasteiger partial charge in [-0.1, -0.05) is 44.2 Å². The molecule has 0 spiro atoms. The minimum absolute atomic E-state index is 0.00553. The molecule has 19 heavy (non-hydrogen) atoms. The maximum absolute atomic E-state index is 12.2. The molecule has 0 radical (unpaired) electrons. The average Bonchev–Trinajstić information content (AvgIpc) is 2.93. The van der Waals surface area contributed by atoms with E-state index in [9.17, 15) is 4.79 Å². The fourth-order valence-corrected chi connectivity index (χ4v) is 2.52. The molecule has 1 saturated heterocycles.